The molecule has 0 rings (SSSR count). The average Bonchev–Trinajstić information content (AvgIpc) is 2.05. The number of nitrogens with zero attached hydrogens (tertiary/aromatic N) is 2. The molecule has 0 aliphatic carbocycles. The fourth-order valence-electron chi connectivity index (χ4n) is 0.671. The van der Waals surface area contributed by atoms with E-state index in [-0.39, 0.29) is 0 Å². The molecule has 3 heteroatoms. The van der Waals surface area contributed by atoms with Crippen LogP contribution in [0.2, 0.25) is 0 Å². The lowest BCUT2D eigenvalue weighted by Crippen LogP contribution is -2.15. The Hall–Kier alpha value is -0.830. The van der Waals surface area contributed by atoms with E-state index in [9.17, 15) is 0 Å². The molecule has 0 atom stereocenters. The predicted octanol–water partition coefficient (Wildman–Crippen LogP) is 1.52. The van der Waals surface area contributed by atoms with Crippen LogP contribution < -0.4 is 0 Å². The van der Waals surface area contributed by atoms with Gasteiger partial charge in [-0.2, -0.15) is 0 Å². The first-order valence-electron chi connectivity index (χ1n) is 4.16. The molecular weight excluding hydrogens is 152 g/mol. The maximum Gasteiger partial charge on any atom is 0.114 e. The smallest absolute Gasteiger partial charge is 0.114 e. The molecular formula is C9H18N2O. The van der Waals surface area contributed by atoms with Crippen molar-refractivity contribution >= 4 is 5.71 Å². The second-order valence-electron chi connectivity index (χ2n) is 2.76. The molecule has 0 amide bonds. The average molecular weight is 170 g/mol. The summed E-state index contributed by atoms with van der Waals surface area (Å²) in [5.41, 5.74) is 0.908. The number of hydrogen-bond acceptors (Lipinski definition) is 3. The van der Waals surface area contributed by atoms with Crippen LogP contribution in [0.25, 0.3) is 0 Å². The van der Waals surface area contributed by atoms with Gasteiger partial charge in [-0.1, -0.05) is 11.7 Å². The van der Waals surface area contributed by atoms with Crippen LogP contribution in [0.15, 0.2) is 17.8 Å². The van der Waals surface area contributed by atoms with Crippen LogP contribution >= 0.6 is 0 Å². The summed E-state index contributed by atoms with van der Waals surface area (Å²) in [5.74, 6) is 0. The highest BCUT2D eigenvalue weighted by Gasteiger charge is 1.95. The van der Waals surface area contributed by atoms with Crippen LogP contribution in [-0.4, -0.2) is 37.9 Å². The van der Waals surface area contributed by atoms with E-state index in [1.54, 1.807) is 6.08 Å². The normalized spacial score (nSPS) is 11.8. The van der Waals surface area contributed by atoms with Gasteiger partial charge >= 0.3 is 0 Å². The molecule has 3 nitrogen and oxygen atoms in total. The van der Waals surface area contributed by atoms with Gasteiger partial charge in [0.05, 0.1) is 5.71 Å². The lowest BCUT2D eigenvalue weighted by atomic mass is 10.2. The molecule has 0 unspecified atom stereocenters. The molecule has 0 aromatic heterocycles. The fourth-order valence-corrected chi connectivity index (χ4v) is 0.671. The van der Waals surface area contributed by atoms with Gasteiger partial charge in [-0.3, -0.25) is 0 Å². The summed E-state index contributed by atoms with van der Waals surface area (Å²) in [6.45, 7) is 7.16. The van der Waals surface area contributed by atoms with Crippen molar-refractivity contribution in [1.82, 2.24) is 4.90 Å². The minimum Gasteiger partial charge on any atom is -0.396 e. The van der Waals surface area contributed by atoms with Crippen molar-refractivity contribution in [2.24, 2.45) is 5.16 Å². The third kappa shape index (κ3) is 5.92. The van der Waals surface area contributed by atoms with E-state index in [1.807, 2.05) is 21.0 Å². The SMILES string of the molecule is C=C/C(CCN(C)C)=N/OCC. The molecule has 0 saturated heterocycles. The molecule has 0 aromatic carbocycles. The summed E-state index contributed by atoms with van der Waals surface area (Å²) in [6, 6.07) is 0. The molecule has 12 heavy (non-hydrogen) atoms. The van der Waals surface area contributed by atoms with Crippen LogP contribution in [0.4, 0.5) is 0 Å². The van der Waals surface area contributed by atoms with E-state index in [4.69, 9.17) is 4.84 Å². The lowest BCUT2D eigenvalue weighted by Gasteiger charge is -2.08. The highest BCUT2D eigenvalue weighted by molar-refractivity contribution is 5.94. The minimum absolute atomic E-state index is 0.610. The summed E-state index contributed by atoms with van der Waals surface area (Å²) in [7, 11) is 4.06. The molecule has 0 saturated carbocycles. The topological polar surface area (TPSA) is 24.8 Å². The van der Waals surface area contributed by atoms with Gasteiger partial charge in [0.25, 0.3) is 0 Å². The minimum atomic E-state index is 0.610. The number of hydrogen-bond donors (Lipinski definition) is 0. The van der Waals surface area contributed by atoms with Gasteiger partial charge in [0.15, 0.2) is 0 Å². The zero-order valence-corrected chi connectivity index (χ0v) is 8.21. The number of rotatable bonds is 6. The second kappa shape index (κ2) is 6.85. The van der Waals surface area contributed by atoms with Crippen molar-refractivity contribution in [3.05, 3.63) is 12.7 Å². The highest BCUT2D eigenvalue weighted by Crippen LogP contribution is 1.91. The Bertz CT molecular complexity index is 153. The molecule has 0 spiro atoms. The van der Waals surface area contributed by atoms with Crippen molar-refractivity contribution in [3.63, 3.8) is 0 Å². The van der Waals surface area contributed by atoms with E-state index < -0.39 is 0 Å². The van der Waals surface area contributed by atoms with Gasteiger partial charge in [0, 0.05) is 13.0 Å². The van der Waals surface area contributed by atoms with E-state index in [1.165, 1.54) is 0 Å². The Morgan fingerprint density at radius 2 is 2.25 bits per heavy atom. The van der Waals surface area contributed by atoms with Gasteiger partial charge in [-0.15, -0.1) is 0 Å². The molecule has 0 aromatic rings. The maximum absolute atomic E-state index is 4.92. The summed E-state index contributed by atoms with van der Waals surface area (Å²) in [4.78, 5) is 7.02. The van der Waals surface area contributed by atoms with Gasteiger partial charge in [0.1, 0.15) is 6.61 Å². The Kier molecular flexibility index (Phi) is 6.38. The molecule has 0 bridgehead atoms. The first kappa shape index (κ1) is 11.2. The quantitative estimate of drug-likeness (QED) is 0.446. The third-order valence-corrected chi connectivity index (χ3v) is 1.36. The number of oxime groups is 1. The molecule has 0 N–H and O–H groups in total. The zero-order valence-electron chi connectivity index (χ0n) is 8.21. The fraction of sp³-hybridized carbons (Fsp3) is 0.667. The lowest BCUT2D eigenvalue weighted by molar-refractivity contribution is 0.158. The Balaban J connectivity index is 3.74. The molecule has 70 valence electrons. The Morgan fingerprint density at radius 3 is 2.67 bits per heavy atom. The summed E-state index contributed by atoms with van der Waals surface area (Å²) >= 11 is 0. The highest BCUT2D eigenvalue weighted by atomic mass is 16.6. The van der Waals surface area contributed by atoms with E-state index >= 15 is 0 Å². The van der Waals surface area contributed by atoms with E-state index in [0.29, 0.717) is 6.61 Å². The second-order valence-corrected chi connectivity index (χ2v) is 2.76. The van der Waals surface area contributed by atoms with Crippen LogP contribution in [0, 0.1) is 0 Å². The van der Waals surface area contributed by atoms with Crippen LogP contribution in [0.3, 0.4) is 0 Å². The first-order valence-corrected chi connectivity index (χ1v) is 4.16. The first-order chi connectivity index (χ1) is 5.70. The summed E-state index contributed by atoms with van der Waals surface area (Å²) < 4.78 is 0. The van der Waals surface area contributed by atoms with Gasteiger partial charge in [0.2, 0.25) is 0 Å². The molecule has 0 aliphatic rings. The summed E-state index contributed by atoms with van der Waals surface area (Å²) in [6.07, 6.45) is 2.62. The maximum atomic E-state index is 4.92. The summed E-state index contributed by atoms with van der Waals surface area (Å²) in [5, 5.41) is 3.90. The Labute approximate surface area is 74.7 Å². The van der Waals surface area contributed by atoms with Crippen molar-refractivity contribution in [2.45, 2.75) is 13.3 Å². The van der Waals surface area contributed by atoms with Gasteiger partial charge < -0.3 is 9.74 Å². The Morgan fingerprint density at radius 1 is 1.58 bits per heavy atom. The van der Waals surface area contributed by atoms with Crippen LogP contribution in [0.1, 0.15) is 13.3 Å². The molecule has 0 heterocycles. The van der Waals surface area contributed by atoms with Gasteiger partial charge in [-0.05, 0) is 27.1 Å². The molecule has 0 radical (unpaired) electrons. The van der Waals surface area contributed by atoms with E-state index in [0.717, 1.165) is 18.7 Å². The standard InChI is InChI=1S/C9H18N2O/c1-5-9(10-12-6-2)7-8-11(3)4/h5H,1,6-8H2,2-4H3/b10-9-. The van der Waals surface area contributed by atoms with Crippen molar-refractivity contribution in [2.75, 3.05) is 27.2 Å². The van der Waals surface area contributed by atoms with Crippen LogP contribution in [-0.2, 0) is 4.84 Å². The molecule has 0 fully saturated rings. The third-order valence-electron chi connectivity index (χ3n) is 1.36. The number of allylic oxidation sites excluding steroid dienone is 1. The zero-order chi connectivity index (χ0) is 9.40. The van der Waals surface area contributed by atoms with Crippen molar-refractivity contribution in [1.29, 1.82) is 0 Å². The van der Waals surface area contributed by atoms with Gasteiger partial charge in [-0.25, -0.2) is 0 Å². The largest absolute Gasteiger partial charge is 0.396 e. The van der Waals surface area contributed by atoms with E-state index in [2.05, 4.69) is 16.6 Å². The van der Waals surface area contributed by atoms with Crippen molar-refractivity contribution < 1.29 is 4.84 Å². The molecule has 0 aliphatic heterocycles. The predicted molar refractivity (Wildman–Crippen MR) is 52.4 cm³/mol. The monoisotopic (exact) mass is 170 g/mol. The van der Waals surface area contributed by atoms with Crippen LogP contribution in [0.5, 0.6) is 0 Å². The van der Waals surface area contributed by atoms with Crippen molar-refractivity contribution in [3.8, 4) is 0 Å².